The molecule has 0 aliphatic rings. The molecule has 0 amide bonds. The van der Waals surface area contributed by atoms with Crippen molar-refractivity contribution in [3.8, 4) is 11.4 Å². The molecule has 96 valence electrons. The number of rotatable bonds is 4. The van der Waals surface area contributed by atoms with E-state index < -0.39 is 0 Å². The van der Waals surface area contributed by atoms with E-state index in [2.05, 4.69) is 23.9 Å². The third kappa shape index (κ3) is 2.36. The lowest BCUT2D eigenvalue weighted by Gasteiger charge is -2.09. The molecule has 0 unspecified atom stereocenters. The Labute approximate surface area is 107 Å². The zero-order chi connectivity index (χ0) is 13.1. The molecule has 2 rings (SSSR count). The molecule has 1 aromatic carbocycles. The van der Waals surface area contributed by atoms with Gasteiger partial charge in [0.25, 0.3) is 0 Å². The van der Waals surface area contributed by atoms with Gasteiger partial charge in [-0.15, -0.1) is 5.10 Å². The van der Waals surface area contributed by atoms with Gasteiger partial charge >= 0.3 is 0 Å². The molecule has 0 saturated heterocycles. The van der Waals surface area contributed by atoms with Crippen molar-refractivity contribution in [3.63, 3.8) is 0 Å². The van der Waals surface area contributed by atoms with Crippen LogP contribution in [-0.4, -0.2) is 21.9 Å². The molecule has 2 N–H and O–H groups in total. The fraction of sp³-hybridized carbons (Fsp3) is 0.385. The minimum Gasteiger partial charge on any atom is -0.497 e. The van der Waals surface area contributed by atoms with E-state index in [9.17, 15) is 0 Å². The molecule has 0 radical (unpaired) electrons. The first-order valence-corrected chi connectivity index (χ1v) is 5.96. The van der Waals surface area contributed by atoms with Gasteiger partial charge in [-0.2, -0.15) is 0 Å². The van der Waals surface area contributed by atoms with Crippen LogP contribution in [0.2, 0.25) is 0 Å². The Kier molecular flexibility index (Phi) is 3.62. The monoisotopic (exact) mass is 246 g/mol. The number of hydrogen-bond donors (Lipinski definition) is 1. The number of nitrogens with zero attached hydrogens (tertiary/aromatic N) is 3. The molecule has 0 aliphatic heterocycles. The summed E-state index contributed by atoms with van der Waals surface area (Å²) in [6.07, 6.45) is 0. The molecule has 5 heteroatoms. The third-order valence-corrected chi connectivity index (χ3v) is 2.67. The lowest BCUT2D eigenvalue weighted by atomic mass is 10.2. The Morgan fingerprint density at radius 2 is 2.17 bits per heavy atom. The highest BCUT2D eigenvalue weighted by molar-refractivity contribution is 5.39. The van der Waals surface area contributed by atoms with Crippen LogP contribution in [0.3, 0.4) is 0 Å². The van der Waals surface area contributed by atoms with E-state index in [4.69, 9.17) is 10.5 Å². The quantitative estimate of drug-likeness (QED) is 0.894. The first kappa shape index (κ1) is 12.6. The number of methoxy groups -OCH3 is 1. The largest absolute Gasteiger partial charge is 0.497 e. The average Bonchev–Trinajstić information content (AvgIpc) is 2.83. The molecule has 0 atom stereocenters. The van der Waals surface area contributed by atoms with E-state index in [0.717, 1.165) is 17.3 Å². The summed E-state index contributed by atoms with van der Waals surface area (Å²) < 4.78 is 7.05. The maximum Gasteiger partial charge on any atom is 0.164 e. The summed E-state index contributed by atoms with van der Waals surface area (Å²) >= 11 is 0. The minimum atomic E-state index is 0.281. The molecule has 1 aromatic heterocycles. The van der Waals surface area contributed by atoms with Crippen molar-refractivity contribution >= 4 is 0 Å². The second-order valence-corrected chi connectivity index (χ2v) is 4.36. The molecule has 0 bridgehead atoms. The van der Waals surface area contributed by atoms with Crippen LogP contribution in [0.4, 0.5) is 0 Å². The van der Waals surface area contributed by atoms with Gasteiger partial charge in [0.1, 0.15) is 11.6 Å². The lowest BCUT2D eigenvalue weighted by molar-refractivity contribution is 0.414. The zero-order valence-corrected chi connectivity index (χ0v) is 10.9. The first-order valence-electron chi connectivity index (χ1n) is 5.96. The lowest BCUT2D eigenvalue weighted by Crippen LogP contribution is -2.05. The molecular formula is C13H18N4O. The Balaban J connectivity index is 2.51. The minimum absolute atomic E-state index is 0.281. The van der Waals surface area contributed by atoms with E-state index in [1.807, 2.05) is 28.9 Å². The maximum atomic E-state index is 5.60. The predicted octanol–water partition coefficient (Wildman–Crippen LogP) is 1.86. The number of ether oxygens (including phenoxy) is 1. The van der Waals surface area contributed by atoms with Crippen LogP contribution in [0.25, 0.3) is 5.69 Å². The summed E-state index contributed by atoms with van der Waals surface area (Å²) in [6, 6.07) is 7.74. The van der Waals surface area contributed by atoms with Crippen LogP contribution in [-0.2, 0) is 6.54 Å². The van der Waals surface area contributed by atoms with Gasteiger partial charge in [-0.25, -0.2) is 9.67 Å². The van der Waals surface area contributed by atoms with Gasteiger partial charge in [-0.1, -0.05) is 19.9 Å². The topological polar surface area (TPSA) is 66.0 Å². The van der Waals surface area contributed by atoms with E-state index in [-0.39, 0.29) is 5.92 Å². The number of hydrogen-bond acceptors (Lipinski definition) is 4. The third-order valence-electron chi connectivity index (χ3n) is 2.67. The second-order valence-electron chi connectivity index (χ2n) is 4.36. The summed E-state index contributed by atoms with van der Waals surface area (Å²) in [7, 11) is 1.65. The van der Waals surface area contributed by atoms with Gasteiger partial charge in [0.05, 0.1) is 19.3 Å². The number of aromatic nitrogens is 3. The number of nitrogens with two attached hydrogens (primary N) is 1. The van der Waals surface area contributed by atoms with Crippen molar-refractivity contribution in [2.75, 3.05) is 7.11 Å². The van der Waals surface area contributed by atoms with Crippen LogP contribution >= 0.6 is 0 Å². The van der Waals surface area contributed by atoms with Crippen molar-refractivity contribution in [1.29, 1.82) is 0 Å². The molecular weight excluding hydrogens is 228 g/mol. The smallest absolute Gasteiger partial charge is 0.164 e. The standard InChI is InChI=1S/C13H18N4O/c1-9(2)13-15-12(8-14)16-17(13)10-5-4-6-11(7-10)18-3/h4-7,9H,8,14H2,1-3H3. The van der Waals surface area contributed by atoms with E-state index in [1.54, 1.807) is 7.11 Å². The van der Waals surface area contributed by atoms with Crippen molar-refractivity contribution < 1.29 is 4.74 Å². The molecule has 0 saturated carbocycles. The molecule has 5 nitrogen and oxygen atoms in total. The SMILES string of the molecule is COc1cccc(-n2nc(CN)nc2C(C)C)c1. The predicted molar refractivity (Wildman–Crippen MR) is 69.9 cm³/mol. The van der Waals surface area contributed by atoms with Crippen LogP contribution in [0.5, 0.6) is 5.75 Å². The molecule has 0 aliphatic carbocycles. The summed E-state index contributed by atoms with van der Waals surface area (Å²) in [4.78, 5) is 4.45. The van der Waals surface area contributed by atoms with Gasteiger partial charge in [0, 0.05) is 12.0 Å². The van der Waals surface area contributed by atoms with Crippen molar-refractivity contribution in [2.24, 2.45) is 5.73 Å². The summed E-state index contributed by atoms with van der Waals surface area (Å²) in [6.45, 7) is 4.51. The van der Waals surface area contributed by atoms with E-state index in [1.165, 1.54) is 0 Å². The van der Waals surface area contributed by atoms with Gasteiger partial charge in [0.15, 0.2) is 5.82 Å². The van der Waals surface area contributed by atoms with Gasteiger partial charge in [0.2, 0.25) is 0 Å². The Bertz CT molecular complexity index is 534. The summed E-state index contributed by atoms with van der Waals surface area (Å²) in [5.74, 6) is 2.64. The van der Waals surface area contributed by atoms with Crippen molar-refractivity contribution in [2.45, 2.75) is 26.3 Å². The highest BCUT2D eigenvalue weighted by Gasteiger charge is 2.14. The Hall–Kier alpha value is -1.88. The van der Waals surface area contributed by atoms with Crippen molar-refractivity contribution in [1.82, 2.24) is 14.8 Å². The molecule has 0 fully saturated rings. The second kappa shape index (κ2) is 5.18. The van der Waals surface area contributed by atoms with Crippen LogP contribution in [0, 0.1) is 0 Å². The Morgan fingerprint density at radius 3 is 2.78 bits per heavy atom. The average molecular weight is 246 g/mol. The molecule has 18 heavy (non-hydrogen) atoms. The fourth-order valence-electron chi connectivity index (χ4n) is 1.76. The van der Waals surface area contributed by atoms with E-state index in [0.29, 0.717) is 12.4 Å². The van der Waals surface area contributed by atoms with Gasteiger partial charge in [-0.3, -0.25) is 0 Å². The Morgan fingerprint density at radius 1 is 1.39 bits per heavy atom. The fourth-order valence-corrected chi connectivity index (χ4v) is 1.76. The molecule has 1 heterocycles. The zero-order valence-electron chi connectivity index (χ0n) is 10.9. The highest BCUT2D eigenvalue weighted by atomic mass is 16.5. The van der Waals surface area contributed by atoms with Gasteiger partial charge in [-0.05, 0) is 12.1 Å². The summed E-state index contributed by atoms with van der Waals surface area (Å²) in [5, 5.41) is 4.42. The normalized spacial score (nSPS) is 10.9. The molecule has 0 spiro atoms. The van der Waals surface area contributed by atoms with Crippen molar-refractivity contribution in [3.05, 3.63) is 35.9 Å². The highest BCUT2D eigenvalue weighted by Crippen LogP contribution is 2.20. The van der Waals surface area contributed by atoms with Crippen LogP contribution < -0.4 is 10.5 Å². The number of benzene rings is 1. The van der Waals surface area contributed by atoms with Gasteiger partial charge < -0.3 is 10.5 Å². The van der Waals surface area contributed by atoms with E-state index >= 15 is 0 Å². The maximum absolute atomic E-state index is 5.60. The summed E-state index contributed by atoms with van der Waals surface area (Å²) in [5.41, 5.74) is 6.54. The molecule has 2 aromatic rings. The first-order chi connectivity index (χ1) is 8.65. The van der Waals surface area contributed by atoms with Crippen LogP contribution in [0.1, 0.15) is 31.4 Å². The van der Waals surface area contributed by atoms with Crippen LogP contribution in [0.15, 0.2) is 24.3 Å².